The fraction of sp³-hybridized carbons (Fsp3) is 0.533. The molecule has 0 N–H and O–H groups in total. The summed E-state index contributed by atoms with van der Waals surface area (Å²) >= 11 is 6.24. The van der Waals surface area contributed by atoms with Crippen LogP contribution in [0.15, 0.2) is 12.1 Å². The van der Waals surface area contributed by atoms with Crippen LogP contribution in [0.25, 0.3) is 0 Å². The van der Waals surface area contributed by atoms with Crippen molar-refractivity contribution in [3.63, 3.8) is 0 Å². The van der Waals surface area contributed by atoms with Crippen molar-refractivity contribution in [3.8, 4) is 0 Å². The van der Waals surface area contributed by atoms with Crippen molar-refractivity contribution in [2.75, 3.05) is 24.6 Å². The third-order valence-electron chi connectivity index (χ3n) is 3.81. The van der Waals surface area contributed by atoms with Crippen LogP contribution in [0.1, 0.15) is 25.3 Å². The molecule has 1 unspecified atom stereocenters. The number of aryl methyl sites for hydroxylation is 1. The highest BCUT2D eigenvalue weighted by Gasteiger charge is 2.29. The summed E-state index contributed by atoms with van der Waals surface area (Å²) < 4.78 is 5.09. The number of hydrogen-bond acceptors (Lipinski definition) is 5. The average Bonchev–Trinajstić information content (AvgIpc) is 2.47. The Kier molecular flexibility index (Phi) is 5.24. The van der Waals surface area contributed by atoms with Crippen LogP contribution in [0.2, 0.25) is 5.02 Å². The summed E-state index contributed by atoms with van der Waals surface area (Å²) in [6.07, 6.45) is 1.65. The summed E-state index contributed by atoms with van der Waals surface area (Å²) in [6, 6.07) is 2.87. The maximum absolute atomic E-state index is 11.9. The van der Waals surface area contributed by atoms with Crippen LogP contribution in [0, 0.1) is 23.0 Å². The van der Waals surface area contributed by atoms with Crippen molar-refractivity contribution in [1.29, 1.82) is 0 Å². The Hall–Kier alpha value is -1.82. The van der Waals surface area contributed by atoms with Gasteiger partial charge in [-0.2, -0.15) is 0 Å². The Balaban J connectivity index is 2.24. The second kappa shape index (κ2) is 6.96. The average molecular weight is 327 g/mol. The first-order chi connectivity index (χ1) is 10.4. The van der Waals surface area contributed by atoms with Gasteiger partial charge in [-0.25, -0.2) is 0 Å². The van der Waals surface area contributed by atoms with Crippen LogP contribution < -0.4 is 4.90 Å². The Morgan fingerprint density at radius 3 is 2.86 bits per heavy atom. The molecule has 2 rings (SSSR count). The summed E-state index contributed by atoms with van der Waals surface area (Å²) in [5.74, 6) is -0.373. The van der Waals surface area contributed by atoms with E-state index in [0.717, 1.165) is 30.6 Å². The van der Waals surface area contributed by atoms with E-state index in [2.05, 4.69) is 0 Å². The van der Waals surface area contributed by atoms with Crippen LogP contribution in [-0.2, 0) is 9.53 Å². The molecule has 1 saturated heterocycles. The first-order valence-corrected chi connectivity index (χ1v) is 7.68. The number of carbonyl (C=O) groups excluding carboxylic acids is 1. The number of hydrogen-bond donors (Lipinski definition) is 0. The maximum atomic E-state index is 11.9. The predicted octanol–water partition coefficient (Wildman–Crippen LogP) is 3.34. The Bertz CT molecular complexity index is 568. The van der Waals surface area contributed by atoms with E-state index in [-0.39, 0.29) is 17.6 Å². The van der Waals surface area contributed by atoms with E-state index in [1.54, 1.807) is 13.8 Å². The highest BCUT2D eigenvalue weighted by molar-refractivity contribution is 6.33. The van der Waals surface area contributed by atoms with Crippen molar-refractivity contribution in [3.05, 3.63) is 32.8 Å². The lowest BCUT2D eigenvalue weighted by Gasteiger charge is -2.34. The highest BCUT2D eigenvalue weighted by Crippen LogP contribution is 2.36. The Morgan fingerprint density at radius 2 is 2.27 bits per heavy atom. The minimum atomic E-state index is -0.458. The van der Waals surface area contributed by atoms with E-state index in [9.17, 15) is 14.9 Å². The lowest BCUT2D eigenvalue weighted by Crippen LogP contribution is -2.39. The molecule has 1 aliphatic rings. The number of non-ortho nitro benzene ring substituents is 1. The molecule has 0 spiro atoms. The number of nitro groups is 1. The minimum absolute atomic E-state index is 0.0230. The monoisotopic (exact) mass is 326 g/mol. The molecule has 0 bridgehead atoms. The largest absolute Gasteiger partial charge is 0.466 e. The van der Waals surface area contributed by atoms with Gasteiger partial charge in [0.2, 0.25) is 0 Å². The molecular weight excluding hydrogens is 308 g/mol. The molecule has 1 atom stereocenters. The molecule has 1 heterocycles. The summed E-state index contributed by atoms with van der Waals surface area (Å²) in [5, 5.41) is 11.2. The Morgan fingerprint density at radius 1 is 1.55 bits per heavy atom. The van der Waals surface area contributed by atoms with E-state index in [4.69, 9.17) is 16.3 Å². The number of rotatable bonds is 4. The first-order valence-electron chi connectivity index (χ1n) is 7.30. The summed E-state index contributed by atoms with van der Waals surface area (Å²) in [5.41, 5.74) is 1.48. The zero-order chi connectivity index (χ0) is 16.3. The second-order valence-corrected chi connectivity index (χ2v) is 5.79. The van der Waals surface area contributed by atoms with E-state index >= 15 is 0 Å². The second-order valence-electron chi connectivity index (χ2n) is 5.39. The third-order valence-corrected chi connectivity index (χ3v) is 4.10. The maximum Gasteiger partial charge on any atom is 0.310 e. The van der Waals surface area contributed by atoms with Crippen LogP contribution in [0.5, 0.6) is 0 Å². The van der Waals surface area contributed by atoms with Crippen LogP contribution in [0.4, 0.5) is 11.4 Å². The fourth-order valence-corrected chi connectivity index (χ4v) is 3.24. The minimum Gasteiger partial charge on any atom is -0.466 e. The Labute approximate surface area is 134 Å². The fourth-order valence-electron chi connectivity index (χ4n) is 2.86. The summed E-state index contributed by atoms with van der Waals surface area (Å²) in [4.78, 5) is 24.4. The molecule has 7 heteroatoms. The van der Waals surface area contributed by atoms with Crippen LogP contribution >= 0.6 is 11.6 Å². The smallest absolute Gasteiger partial charge is 0.310 e. The van der Waals surface area contributed by atoms with Crippen molar-refractivity contribution in [1.82, 2.24) is 0 Å². The molecule has 1 fully saturated rings. The molecule has 0 amide bonds. The molecular formula is C15H19ClN2O4. The third kappa shape index (κ3) is 3.50. The SMILES string of the molecule is CCOC(=O)C1CCCN(c2c(C)cc([N+](=O)[O-])cc2Cl)C1. The zero-order valence-electron chi connectivity index (χ0n) is 12.7. The van der Waals surface area contributed by atoms with Crippen molar-refractivity contribution in [2.24, 2.45) is 5.92 Å². The van der Waals surface area contributed by atoms with Crippen molar-refractivity contribution in [2.45, 2.75) is 26.7 Å². The molecule has 0 aromatic heterocycles. The normalized spacial score (nSPS) is 18.1. The predicted molar refractivity (Wildman–Crippen MR) is 84.4 cm³/mol. The number of piperidine rings is 1. The highest BCUT2D eigenvalue weighted by atomic mass is 35.5. The quantitative estimate of drug-likeness (QED) is 0.482. The van der Waals surface area contributed by atoms with E-state index < -0.39 is 4.92 Å². The first kappa shape index (κ1) is 16.5. The topological polar surface area (TPSA) is 72.7 Å². The number of benzene rings is 1. The molecule has 0 saturated carbocycles. The number of ether oxygens (including phenoxy) is 1. The number of carbonyl (C=O) groups is 1. The lowest BCUT2D eigenvalue weighted by atomic mass is 9.97. The van der Waals surface area contributed by atoms with E-state index in [0.29, 0.717) is 18.2 Å². The summed E-state index contributed by atoms with van der Waals surface area (Å²) in [6.45, 7) is 5.25. The molecule has 1 aliphatic heterocycles. The lowest BCUT2D eigenvalue weighted by molar-refractivity contribution is -0.384. The van der Waals surface area contributed by atoms with Gasteiger partial charge >= 0.3 is 5.97 Å². The molecule has 120 valence electrons. The van der Waals surface area contributed by atoms with Gasteiger partial charge in [0.05, 0.1) is 28.2 Å². The van der Waals surface area contributed by atoms with Gasteiger partial charge in [-0.15, -0.1) is 0 Å². The number of anilines is 1. The van der Waals surface area contributed by atoms with E-state index in [1.807, 2.05) is 4.90 Å². The van der Waals surface area contributed by atoms with Crippen LogP contribution in [0.3, 0.4) is 0 Å². The van der Waals surface area contributed by atoms with Gasteiger partial charge in [0.25, 0.3) is 5.69 Å². The number of halogens is 1. The van der Waals surface area contributed by atoms with Gasteiger partial charge in [-0.3, -0.25) is 14.9 Å². The standard InChI is InChI=1S/C15H19ClN2O4/c1-3-22-15(19)11-5-4-6-17(9-11)14-10(2)7-12(18(20)21)8-13(14)16/h7-8,11H,3-6,9H2,1-2H3. The van der Waals surface area contributed by atoms with Gasteiger partial charge in [0, 0.05) is 25.2 Å². The zero-order valence-corrected chi connectivity index (χ0v) is 13.4. The van der Waals surface area contributed by atoms with Crippen LogP contribution in [-0.4, -0.2) is 30.6 Å². The van der Waals surface area contributed by atoms with Gasteiger partial charge < -0.3 is 9.64 Å². The van der Waals surface area contributed by atoms with Gasteiger partial charge in [-0.05, 0) is 32.3 Å². The molecule has 0 radical (unpaired) electrons. The van der Waals surface area contributed by atoms with E-state index in [1.165, 1.54) is 12.1 Å². The molecule has 6 nitrogen and oxygen atoms in total. The van der Waals surface area contributed by atoms with Gasteiger partial charge in [0.15, 0.2) is 0 Å². The molecule has 1 aromatic rings. The number of nitrogens with zero attached hydrogens (tertiary/aromatic N) is 2. The number of esters is 1. The molecule has 22 heavy (non-hydrogen) atoms. The summed E-state index contributed by atoms with van der Waals surface area (Å²) in [7, 11) is 0. The number of nitro benzene ring substituents is 1. The molecule has 0 aliphatic carbocycles. The van der Waals surface area contributed by atoms with Gasteiger partial charge in [-0.1, -0.05) is 11.6 Å². The van der Waals surface area contributed by atoms with Crippen molar-refractivity contribution < 1.29 is 14.5 Å². The van der Waals surface area contributed by atoms with Gasteiger partial charge in [0.1, 0.15) is 0 Å². The van der Waals surface area contributed by atoms with Crippen molar-refractivity contribution >= 4 is 28.9 Å². The molecule has 1 aromatic carbocycles.